The molecule has 1 aliphatic rings. The standard InChI is InChI=1S/C21H36/c1-5-9-13-20(8-4)21-16-14-19(15-17-21)12-10-11-18(6-2)7-3/h6,10,12,14,16,18-21H,2,5,7-9,11,13,15,17H2,1,3-4H3/b12-10+/t18?,19-,20?,21?/m0/s1. The summed E-state index contributed by atoms with van der Waals surface area (Å²) in [6.45, 7) is 10.8. The fourth-order valence-electron chi connectivity index (χ4n) is 3.46. The van der Waals surface area contributed by atoms with Crippen molar-refractivity contribution in [1.29, 1.82) is 0 Å². The van der Waals surface area contributed by atoms with Crippen molar-refractivity contribution in [1.82, 2.24) is 0 Å². The summed E-state index contributed by atoms with van der Waals surface area (Å²) in [5.41, 5.74) is 0. The van der Waals surface area contributed by atoms with Gasteiger partial charge in [-0.15, -0.1) is 6.58 Å². The van der Waals surface area contributed by atoms with E-state index in [1.54, 1.807) is 0 Å². The molecule has 0 aliphatic heterocycles. The molecule has 0 fully saturated rings. The zero-order chi connectivity index (χ0) is 15.5. The molecule has 3 unspecified atom stereocenters. The second-order valence-electron chi connectivity index (χ2n) is 6.67. The highest BCUT2D eigenvalue weighted by molar-refractivity contribution is 5.07. The molecule has 1 aliphatic carbocycles. The Bertz CT molecular complexity index is 323. The minimum Gasteiger partial charge on any atom is -0.103 e. The van der Waals surface area contributed by atoms with E-state index in [4.69, 9.17) is 0 Å². The lowest BCUT2D eigenvalue weighted by Crippen LogP contribution is -2.16. The van der Waals surface area contributed by atoms with Gasteiger partial charge in [0.1, 0.15) is 0 Å². The average molecular weight is 289 g/mol. The largest absolute Gasteiger partial charge is 0.103 e. The molecule has 0 aromatic rings. The van der Waals surface area contributed by atoms with E-state index in [0.717, 1.165) is 18.3 Å². The van der Waals surface area contributed by atoms with Gasteiger partial charge in [-0.25, -0.2) is 0 Å². The molecule has 0 spiro atoms. The number of hydrogen-bond acceptors (Lipinski definition) is 0. The zero-order valence-electron chi connectivity index (χ0n) is 14.6. The summed E-state index contributed by atoms with van der Waals surface area (Å²) in [4.78, 5) is 0. The molecule has 1 rings (SSSR count). The van der Waals surface area contributed by atoms with Crippen LogP contribution in [-0.4, -0.2) is 0 Å². The van der Waals surface area contributed by atoms with E-state index in [1.807, 2.05) is 0 Å². The van der Waals surface area contributed by atoms with Gasteiger partial charge in [-0.2, -0.15) is 0 Å². The smallest absolute Gasteiger partial charge is 0.00532 e. The van der Waals surface area contributed by atoms with Crippen LogP contribution in [0.2, 0.25) is 0 Å². The van der Waals surface area contributed by atoms with Crippen LogP contribution in [0.25, 0.3) is 0 Å². The van der Waals surface area contributed by atoms with Crippen LogP contribution >= 0.6 is 0 Å². The Morgan fingerprint density at radius 1 is 1.14 bits per heavy atom. The van der Waals surface area contributed by atoms with E-state index >= 15 is 0 Å². The summed E-state index contributed by atoms with van der Waals surface area (Å²) < 4.78 is 0. The van der Waals surface area contributed by atoms with Crippen LogP contribution in [0.3, 0.4) is 0 Å². The summed E-state index contributed by atoms with van der Waals surface area (Å²) >= 11 is 0. The first-order valence-electron chi connectivity index (χ1n) is 9.22. The first-order chi connectivity index (χ1) is 10.2. The normalized spacial score (nSPS) is 25.1. The molecule has 0 aromatic carbocycles. The number of rotatable bonds is 10. The molecule has 0 saturated heterocycles. The number of hydrogen-bond donors (Lipinski definition) is 0. The van der Waals surface area contributed by atoms with Crippen molar-refractivity contribution in [3.8, 4) is 0 Å². The van der Waals surface area contributed by atoms with Crippen molar-refractivity contribution >= 4 is 0 Å². The van der Waals surface area contributed by atoms with Crippen molar-refractivity contribution in [3.63, 3.8) is 0 Å². The molecule has 0 saturated carbocycles. The lowest BCUT2D eigenvalue weighted by atomic mass is 9.77. The lowest BCUT2D eigenvalue weighted by Gasteiger charge is -2.28. The van der Waals surface area contributed by atoms with Crippen molar-refractivity contribution in [2.45, 2.75) is 72.1 Å². The van der Waals surface area contributed by atoms with Crippen LogP contribution in [0, 0.1) is 23.7 Å². The van der Waals surface area contributed by atoms with Crippen LogP contribution in [0.1, 0.15) is 72.1 Å². The van der Waals surface area contributed by atoms with Gasteiger partial charge < -0.3 is 0 Å². The van der Waals surface area contributed by atoms with Gasteiger partial charge >= 0.3 is 0 Å². The van der Waals surface area contributed by atoms with Crippen LogP contribution in [0.5, 0.6) is 0 Å². The Balaban J connectivity index is 2.41. The molecule has 0 N–H and O–H groups in total. The zero-order valence-corrected chi connectivity index (χ0v) is 14.6. The second kappa shape index (κ2) is 10.9. The summed E-state index contributed by atoms with van der Waals surface area (Å²) in [5.74, 6) is 3.08. The third-order valence-corrected chi connectivity index (χ3v) is 5.18. The van der Waals surface area contributed by atoms with E-state index in [2.05, 4.69) is 57.7 Å². The summed E-state index contributed by atoms with van der Waals surface area (Å²) in [7, 11) is 0. The molecule has 120 valence electrons. The molecule has 4 atom stereocenters. The molecule has 0 amide bonds. The van der Waals surface area contributed by atoms with E-state index in [9.17, 15) is 0 Å². The van der Waals surface area contributed by atoms with Gasteiger partial charge in [0.15, 0.2) is 0 Å². The van der Waals surface area contributed by atoms with Crippen molar-refractivity contribution in [2.75, 3.05) is 0 Å². The second-order valence-corrected chi connectivity index (χ2v) is 6.67. The Labute approximate surface area is 133 Å². The summed E-state index contributed by atoms with van der Waals surface area (Å²) in [6, 6.07) is 0. The molecule has 21 heavy (non-hydrogen) atoms. The Hall–Kier alpha value is -0.780. The van der Waals surface area contributed by atoms with Crippen molar-refractivity contribution in [3.05, 3.63) is 37.0 Å². The Morgan fingerprint density at radius 3 is 2.48 bits per heavy atom. The third kappa shape index (κ3) is 6.68. The predicted molar refractivity (Wildman–Crippen MR) is 96.4 cm³/mol. The van der Waals surface area contributed by atoms with Crippen LogP contribution in [0.15, 0.2) is 37.0 Å². The van der Waals surface area contributed by atoms with Crippen LogP contribution in [-0.2, 0) is 0 Å². The van der Waals surface area contributed by atoms with E-state index in [-0.39, 0.29) is 0 Å². The fraction of sp³-hybridized carbons (Fsp3) is 0.714. The lowest BCUT2D eigenvalue weighted by molar-refractivity contribution is 0.310. The molecular weight excluding hydrogens is 252 g/mol. The van der Waals surface area contributed by atoms with Gasteiger partial charge in [-0.3, -0.25) is 0 Å². The molecule has 0 aromatic heterocycles. The topological polar surface area (TPSA) is 0 Å². The van der Waals surface area contributed by atoms with Gasteiger partial charge in [0.25, 0.3) is 0 Å². The highest BCUT2D eigenvalue weighted by Crippen LogP contribution is 2.33. The van der Waals surface area contributed by atoms with Gasteiger partial charge in [-0.1, -0.05) is 70.4 Å². The minimum absolute atomic E-state index is 0.653. The average Bonchev–Trinajstić information content (AvgIpc) is 2.53. The maximum Gasteiger partial charge on any atom is -0.00532 e. The summed E-state index contributed by atoms with van der Waals surface area (Å²) in [6.07, 6.45) is 22.4. The fourth-order valence-corrected chi connectivity index (χ4v) is 3.46. The molecule has 0 heteroatoms. The monoisotopic (exact) mass is 288 g/mol. The van der Waals surface area contributed by atoms with Gasteiger partial charge in [0, 0.05) is 0 Å². The number of unbranched alkanes of at least 4 members (excludes halogenated alkanes) is 1. The number of allylic oxidation sites excluding steroid dienone is 5. The van der Waals surface area contributed by atoms with Crippen LogP contribution < -0.4 is 0 Å². The SMILES string of the molecule is C=CC(CC)C/C=C/[C@H]1C=CC(C(CC)CCCC)CC1. The predicted octanol–water partition coefficient (Wildman–Crippen LogP) is 6.94. The maximum absolute atomic E-state index is 3.91. The Kier molecular flexibility index (Phi) is 9.46. The molecule has 0 nitrogen and oxygen atoms in total. The Morgan fingerprint density at radius 2 is 1.95 bits per heavy atom. The molecular formula is C21H36. The third-order valence-electron chi connectivity index (χ3n) is 5.18. The molecule has 0 bridgehead atoms. The van der Waals surface area contributed by atoms with Crippen LogP contribution in [0.4, 0.5) is 0 Å². The van der Waals surface area contributed by atoms with E-state index in [0.29, 0.717) is 11.8 Å². The quantitative estimate of drug-likeness (QED) is 0.382. The van der Waals surface area contributed by atoms with Crippen molar-refractivity contribution in [2.24, 2.45) is 23.7 Å². The van der Waals surface area contributed by atoms with Gasteiger partial charge in [-0.05, 0) is 55.8 Å². The molecule has 0 heterocycles. The van der Waals surface area contributed by atoms with Gasteiger partial charge in [0.05, 0.1) is 0 Å². The highest BCUT2D eigenvalue weighted by atomic mass is 14.3. The van der Waals surface area contributed by atoms with E-state index in [1.165, 1.54) is 44.9 Å². The van der Waals surface area contributed by atoms with Crippen molar-refractivity contribution < 1.29 is 0 Å². The van der Waals surface area contributed by atoms with E-state index < -0.39 is 0 Å². The summed E-state index contributed by atoms with van der Waals surface area (Å²) in [5, 5.41) is 0. The first-order valence-corrected chi connectivity index (χ1v) is 9.22. The van der Waals surface area contributed by atoms with Gasteiger partial charge in [0.2, 0.25) is 0 Å². The maximum atomic E-state index is 3.91. The minimum atomic E-state index is 0.653. The molecule has 0 radical (unpaired) electrons. The first kappa shape index (κ1) is 18.3. The highest BCUT2D eigenvalue weighted by Gasteiger charge is 2.21.